The predicted octanol–water partition coefficient (Wildman–Crippen LogP) is 1.85. The Morgan fingerprint density at radius 2 is 2.22 bits per heavy atom. The SMILES string of the molecule is CCOc1cc(NC(CC)CC(=O)O)nc(C)n1. The minimum atomic E-state index is -0.829. The van der Waals surface area contributed by atoms with Crippen molar-refractivity contribution in [3.8, 4) is 5.88 Å². The zero-order chi connectivity index (χ0) is 13.5. The first-order valence-electron chi connectivity index (χ1n) is 6.02. The maximum absolute atomic E-state index is 10.7. The van der Waals surface area contributed by atoms with Crippen molar-refractivity contribution >= 4 is 11.8 Å². The quantitative estimate of drug-likeness (QED) is 0.771. The van der Waals surface area contributed by atoms with Crippen molar-refractivity contribution in [2.75, 3.05) is 11.9 Å². The molecule has 18 heavy (non-hydrogen) atoms. The van der Waals surface area contributed by atoms with E-state index in [9.17, 15) is 4.79 Å². The van der Waals surface area contributed by atoms with E-state index in [2.05, 4.69) is 15.3 Å². The highest BCUT2D eigenvalue weighted by Gasteiger charge is 2.12. The van der Waals surface area contributed by atoms with Gasteiger partial charge in [0.25, 0.3) is 0 Å². The molecule has 100 valence electrons. The molecule has 0 spiro atoms. The van der Waals surface area contributed by atoms with Crippen LogP contribution in [0.25, 0.3) is 0 Å². The molecule has 0 aliphatic carbocycles. The summed E-state index contributed by atoms with van der Waals surface area (Å²) in [6.45, 7) is 6.11. The van der Waals surface area contributed by atoms with E-state index < -0.39 is 5.97 Å². The van der Waals surface area contributed by atoms with E-state index in [1.807, 2.05) is 13.8 Å². The molecule has 0 aromatic carbocycles. The molecule has 2 N–H and O–H groups in total. The van der Waals surface area contributed by atoms with Crippen molar-refractivity contribution in [3.05, 3.63) is 11.9 Å². The van der Waals surface area contributed by atoms with Gasteiger partial charge in [-0.25, -0.2) is 4.98 Å². The Morgan fingerprint density at radius 3 is 2.78 bits per heavy atom. The maximum Gasteiger partial charge on any atom is 0.305 e. The van der Waals surface area contributed by atoms with Gasteiger partial charge in [0.2, 0.25) is 5.88 Å². The Balaban J connectivity index is 2.78. The van der Waals surface area contributed by atoms with Crippen LogP contribution in [-0.2, 0) is 4.79 Å². The third-order valence-electron chi connectivity index (χ3n) is 2.37. The average Bonchev–Trinajstić information content (AvgIpc) is 2.27. The van der Waals surface area contributed by atoms with Gasteiger partial charge in [-0.3, -0.25) is 4.79 Å². The van der Waals surface area contributed by atoms with Crippen LogP contribution in [0.1, 0.15) is 32.5 Å². The summed E-state index contributed by atoms with van der Waals surface area (Å²) in [4.78, 5) is 19.0. The topological polar surface area (TPSA) is 84.3 Å². The number of carbonyl (C=O) groups is 1. The summed E-state index contributed by atoms with van der Waals surface area (Å²) in [6, 6.07) is 1.53. The van der Waals surface area contributed by atoms with Crippen LogP contribution in [0.2, 0.25) is 0 Å². The molecule has 0 fully saturated rings. The number of ether oxygens (including phenoxy) is 1. The molecule has 6 heteroatoms. The first kappa shape index (κ1) is 14.2. The maximum atomic E-state index is 10.7. The fraction of sp³-hybridized carbons (Fsp3) is 0.583. The van der Waals surface area contributed by atoms with Crippen LogP contribution in [-0.4, -0.2) is 33.7 Å². The van der Waals surface area contributed by atoms with Gasteiger partial charge in [-0.2, -0.15) is 4.98 Å². The van der Waals surface area contributed by atoms with Crippen LogP contribution in [0.3, 0.4) is 0 Å². The van der Waals surface area contributed by atoms with Gasteiger partial charge in [0.1, 0.15) is 11.6 Å². The zero-order valence-corrected chi connectivity index (χ0v) is 10.9. The third kappa shape index (κ3) is 4.57. The summed E-state index contributed by atoms with van der Waals surface area (Å²) >= 11 is 0. The van der Waals surface area contributed by atoms with Gasteiger partial charge in [0, 0.05) is 12.1 Å². The number of hydrogen-bond acceptors (Lipinski definition) is 5. The summed E-state index contributed by atoms with van der Waals surface area (Å²) in [5, 5.41) is 11.9. The molecular formula is C12H19N3O3. The standard InChI is InChI=1S/C12H19N3O3/c1-4-9(6-12(16)17)15-10-7-11(18-5-2)14-8(3)13-10/h7,9H,4-6H2,1-3H3,(H,16,17)(H,13,14,15). The van der Waals surface area contributed by atoms with E-state index >= 15 is 0 Å². The summed E-state index contributed by atoms with van der Waals surface area (Å²) < 4.78 is 5.32. The molecule has 0 radical (unpaired) electrons. The fourth-order valence-corrected chi connectivity index (χ4v) is 1.55. The van der Waals surface area contributed by atoms with Gasteiger partial charge in [-0.05, 0) is 20.3 Å². The van der Waals surface area contributed by atoms with Crippen LogP contribution in [0.5, 0.6) is 5.88 Å². The number of anilines is 1. The molecule has 0 saturated heterocycles. The summed E-state index contributed by atoms with van der Waals surface area (Å²) in [5.41, 5.74) is 0. The number of aliphatic carboxylic acids is 1. The number of carboxylic acids is 1. The number of carboxylic acid groups (broad SMARTS) is 1. The number of nitrogens with zero attached hydrogens (tertiary/aromatic N) is 2. The average molecular weight is 253 g/mol. The van der Waals surface area contributed by atoms with Gasteiger partial charge in [-0.1, -0.05) is 6.92 Å². The lowest BCUT2D eigenvalue weighted by atomic mass is 10.1. The van der Waals surface area contributed by atoms with Crippen molar-refractivity contribution in [2.24, 2.45) is 0 Å². The molecule has 1 aromatic heterocycles. The van der Waals surface area contributed by atoms with Gasteiger partial charge in [0.15, 0.2) is 0 Å². The smallest absolute Gasteiger partial charge is 0.305 e. The Kier molecular flexibility index (Phi) is 5.35. The summed E-state index contributed by atoms with van der Waals surface area (Å²) in [5.74, 6) is 0.857. The molecule has 0 amide bonds. The second-order valence-corrected chi connectivity index (χ2v) is 3.92. The van der Waals surface area contributed by atoms with Crippen LogP contribution in [0, 0.1) is 6.92 Å². The number of rotatable bonds is 7. The normalized spacial score (nSPS) is 11.9. The van der Waals surface area contributed by atoms with Crippen molar-refractivity contribution in [1.82, 2.24) is 9.97 Å². The van der Waals surface area contributed by atoms with E-state index in [-0.39, 0.29) is 12.5 Å². The van der Waals surface area contributed by atoms with Crippen LogP contribution in [0.15, 0.2) is 6.07 Å². The van der Waals surface area contributed by atoms with Gasteiger partial charge >= 0.3 is 5.97 Å². The molecule has 0 bridgehead atoms. The van der Waals surface area contributed by atoms with E-state index in [0.29, 0.717) is 30.5 Å². The van der Waals surface area contributed by atoms with Gasteiger partial charge in [-0.15, -0.1) is 0 Å². The minimum absolute atomic E-state index is 0.0590. The fourth-order valence-electron chi connectivity index (χ4n) is 1.55. The van der Waals surface area contributed by atoms with E-state index in [1.165, 1.54) is 0 Å². The number of nitrogens with one attached hydrogen (secondary N) is 1. The first-order valence-corrected chi connectivity index (χ1v) is 6.02. The Labute approximate surface area is 106 Å². The van der Waals surface area contributed by atoms with Gasteiger partial charge in [0.05, 0.1) is 13.0 Å². The van der Waals surface area contributed by atoms with Crippen LogP contribution >= 0.6 is 0 Å². The second-order valence-electron chi connectivity index (χ2n) is 3.92. The van der Waals surface area contributed by atoms with Gasteiger partial charge < -0.3 is 15.2 Å². The van der Waals surface area contributed by atoms with E-state index in [1.54, 1.807) is 13.0 Å². The van der Waals surface area contributed by atoms with E-state index in [4.69, 9.17) is 9.84 Å². The minimum Gasteiger partial charge on any atom is -0.481 e. The molecule has 0 aliphatic heterocycles. The highest BCUT2D eigenvalue weighted by molar-refractivity contribution is 5.68. The predicted molar refractivity (Wildman–Crippen MR) is 67.9 cm³/mol. The molecule has 0 saturated carbocycles. The number of aryl methyl sites for hydroxylation is 1. The molecule has 0 aliphatic rings. The van der Waals surface area contributed by atoms with Crippen LogP contribution in [0.4, 0.5) is 5.82 Å². The van der Waals surface area contributed by atoms with Crippen molar-refractivity contribution in [2.45, 2.75) is 39.7 Å². The van der Waals surface area contributed by atoms with Crippen LogP contribution < -0.4 is 10.1 Å². The van der Waals surface area contributed by atoms with Crippen molar-refractivity contribution in [1.29, 1.82) is 0 Å². The lowest BCUT2D eigenvalue weighted by molar-refractivity contribution is -0.137. The third-order valence-corrected chi connectivity index (χ3v) is 2.37. The molecular weight excluding hydrogens is 234 g/mol. The number of hydrogen-bond donors (Lipinski definition) is 2. The molecule has 1 heterocycles. The summed E-state index contributed by atoms with van der Waals surface area (Å²) in [7, 11) is 0. The molecule has 1 unspecified atom stereocenters. The van der Waals surface area contributed by atoms with Crippen molar-refractivity contribution in [3.63, 3.8) is 0 Å². The first-order chi connectivity index (χ1) is 8.55. The Hall–Kier alpha value is -1.85. The lowest BCUT2D eigenvalue weighted by Crippen LogP contribution is -2.23. The highest BCUT2D eigenvalue weighted by Crippen LogP contribution is 2.15. The Bertz CT molecular complexity index is 410. The zero-order valence-electron chi connectivity index (χ0n) is 10.9. The molecule has 6 nitrogen and oxygen atoms in total. The largest absolute Gasteiger partial charge is 0.481 e. The number of aromatic nitrogens is 2. The van der Waals surface area contributed by atoms with E-state index in [0.717, 1.165) is 0 Å². The monoisotopic (exact) mass is 253 g/mol. The molecule has 1 atom stereocenters. The van der Waals surface area contributed by atoms with Crippen molar-refractivity contribution < 1.29 is 14.6 Å². The highest BCUT2D eigenvalue weighted by atomic mass is 16.5. The molecule has 1 rings (SSSR count). The lowest BCUT2D eigenvalue weighted by Gasteiger charge is -2.16. The summed E-state index contributed by atoms with van der Waals surface area (Å²) in [6.07, 6.45) is 0.767. The Morgan fingerprint density at radius 1 is 1.50 bits per heavy atom. The molecule has 1 aromatic rings. The second kappa shape index (κ2) is 6.78.